The standard InChI is InChI=1S/C20H22N4O2/c1-13-19(14(2)23(3)22-13)20-17(12-25)16-11-15(26-4)7-8-18(16)24(20)10-6-5-9-21/h7-8,11-12H,5-6,10H2,1-4H3. The number of hydrogen-bond acceptors (Lipinski definition) is 4. The summed E-state index contributed by atoms with van der Waals surface area (Å²) in [5.41, 5.74) is 5.32. The van der Waals surface area contributed by atoms with Crippen LogP contribution in [-0.2, 0) is 13.6 Å². The van der Waals surface area contributed by atoms with Gasteiger partial charge in [-0.25, -0.2) is 0 Å². The van der Waals surface area contributed by atoms with Gasteiger partial charge in [0.1, 0.15) is 5.75 Å². The van der Waals surface area contributed by atoms with Gasteiger partial charge in [0.2, 0.25) is 0 Å². The molecule has 26 heavy (non-hydrogen) atoms. The summed E-state index contributed by atoms with van der Waals surface area (Å²) in [4.78, 5) is 12.1. The molecule has 3 rings (SSSR count). The van der Waals surface area contributed by atoms with E-state index in [2.05, 4.69) is 15.7 Å². The van der Waals surface area contributed by atoms with Gasteiger partial charge in [-0.2, -0.15) is 10.4 Å². The van der Waals surface area contributed by atoms with Crippen LogP contribution in [0.2, 0.25) is 0 Å². The van der Waals surface area contributed by atoms with Gasteiger partial charge in [0, 0.05) is 47.7 Å². The number of benzene rings is 1. The number of nitriles is 1. The fraction of sp³-hybridized carbons (Fsp3) is 0.350. The molecular formula is C20H22N4O2. The lowest BCUT2D eigenvalue weighted by Gasteiger charge is -2.11. The Balaban J connectivity index is 2.36. The Kier molecular flexibility index (Phi) is 4.81. The second kappa shape index (κ2) is 7.04. The van der Waals surface area contributed by atoms with Crippen molar-refractivity contribution in [2.75, 3.05) is 7.11 Å². The molecule has 0 spiro atoms. The molecule has 0 saturated heterocycles. The lowest BCUT2D eigenvalue weighted by Crippen LogP contribution is -2.03. The van der Waals surface area contributed by atoms with Gasteiger partial charge in [0.25, 0.3) is 0 Å². The molecule has 134 valence electrons. The molecule has 6 nitrogen and oxygen atoms in total. The second-order valence-corrected chi connectivity index (χ2v) is 6.35. The number of rotatable bonds is 6. The van der Waals surface area contributed by atoms with Gasteiger partial charge in [-0.15, -0.1) is 0 Å². The van der Waals surface area contributed by atoms with Crippen LogP contribution in [0, 0.1) is 25.2 Å². The van der Waals surface area contributed by atoms with Crippen LogP contribution in [0.1, 0.15) is 34.6 Å². The SMILES string of the molecule is COc1ccc2c(c1)c(C=O)c(-c1c(C)nn(C)c1C)n2CCCC#N. The highest BCUT2D eigenvalue weighted by Crippen LogP contribution is 2.37. The van der Waals surface area contributed by atoms with E-state index in [0.717, 1.165) is 46.3 Å². The van der Waals surface area contributed by atoms with E-state index >= 15 is 0 Å². The summed E-state index contributed by atoms with van der Waals surface area (Å²) < 4.78 is 9.30. The van der Waals surface area contributed by atoms with Crippen molar-refractivity contribution in [2.45, 2.75) is 33.2 Å². The molecule has 0 aliphatic heterocycles. The van der Waals surface area contributed by atoms with Crippen LogP contribution in [0.25, 0.3) is 22.2 Å². The molecule has 0 aliphatic carbocycles. The second-order valence-electron chi connectivity index (χ2n) is 6.35. The zero-order valence-corrected chi connectivity index (χ0v) is 15.5. The quantitative estimate of drug-likeness (QED) is 0.501. The highest BCUT2D eigenvalue weighted by atomic mass is 16.5. The molecule has 6 heteroatoms. The van der Waals surface area contributed by atoms with E-state index in [4.69, 9.17) is 10.00 Å². The van der Waals surface area contributed by atoms with Gasteiger partial charge in [-0.1, -0.05) is 0 Å². The van der Waals surface area contributed by atoms with E-state index in [1.54, 1.807) is 7.11 Å². The molecule has 2 heterocycles. The first kappa shape index (κ1) is 17.7. The maximum atomic E-state index is 12.1. The third kappa shape index (κ3) is 2.76. The summed E-state index contributed by atoms with van der Waals surface area (Å²) in [5, 5.41) is 14.3. The van der Waals surface area contributed by atoms with E-state index < -0.39 is 0 Å². The number of methoxy groups -OCH3 is 1. The molecule has 0 atom stereocenters. The van der Waals surface area contributed by atoms with Crippen molar-refractivity contribution in [1.82, 2.24) is 14.3 Å². The normalized spacial score (nSPS) is 10.9. The maximum absolute atomic E-state index is 12.1. The molecule has 0 radical (unpaired) electrons. The number of hydrogen-bond donors (Lipinski definition) is 0. The molecule has 0 aliphatic rings. The number of carbonyl (C=O) groups is 1. The first-order valence-electron chi connectivity index (χ1n) is 8.56. The maximum Gasteiger partial charge on any atom is 0.152 e. The van der Waals surface area contributed by atoms with Gasteiger partial charge in [-0.3, -0.25) is 9.48 Å². The Hall–Kier alpha value is -3.07. The lowest BCUT2D eigenvalue weighted by atomic mass is 10.0. The van der Waals surface area contributed by atoms with Crippen molar-refractivity contribution >= 4 is 17.2 Å². The molecule has 3 aromatic rings. The number of aldehydes is 1. The monoisotopic (exact) mass is 350 g/mol. The van der Waals surface area contributed by atoms with Gasteiger partial charge >= 0.3 is 0 Å². The van der Waals surface area contributed by atoms with Crippen LogP contribution in [0.5, 0.6) is 5.75 Å². The molecule has 0 fully saturated rings. The van der Waals surface area contributed by atoms with E-state index in [-0.39, 0.29) is 0 Å². The van der Waals surface area contributed by atoms with Crippen LogP contribution in [0.4, 0.5) is 0 Å². The van der Waals surface area contributed by atoms with Gasteiger partial charge in [-0.05, 0) is 38.5 Å². The number of fused-ring (bicyclic) bond motifs is 1. The first-order valence-corrected chi connectivity index (χ1v) is 8.56. The molecule has 1 aromatic carbocycles. The summed E-state index contributed by atoms with van der Waals surface area (Å²) >= 11 is 0. The summed E-state index contributed by atoms with van der Waals surface area (Å²) in [5.74, 6) is 0.709. The van der Waals surface area contributed by atoms with Crippen molar-refractivity contribution in [3.8, 4) is 23.1 Å². The van der Waals surface area contributed by atoms with E-state index in [9.17, 15) is 4.79 Å². The minimum atomic E-state index is 0.469. The van der Waals surface area contributed by atoms with E-state index in [1.165, 1.54) is 0 Å². The Bertz CT molecular complexity index is 1020. The number of aryl methyl sites for hydroxylation is 3. The highest BCUT2D eigenvalue weighted by molar-refractivity contribution is 6.06. The third-order valence-electron chi connectivity index (χ3n) is 4.84. The smallest absolute Gasteiger partial charge is 0.152 e. The number of aromatic nitrogens is 3. The summed E-state index contributed by atoms with van der Waals surface area (Å²) in [6.45, 7) is 4.61. The molecule has 0 saturated carbocycles. The zero-order valence-electron chi connectivity index (χ0n) is 15.5. The first-order chi connectivity index (χ1) is 12.5. The van der Waals surface area contributed by atoms with Gasteiger partial charge < -0.3 is 9.30 Å². The highest BCUT2D eigenvalue weighted by Gasteiger charge is 2.23. The van der Waals surface area contributed by atoms with Crippen LogP contribution < -0.4 is 4.74 Å². The zero-order chi connectivity index (χ0) is 18.8. The van der Waals surface area contributed by atoms with E-state index in [0.29, 0.717) is 24.3 Å². The third-order valence-corrected chi connectivity index (χ3v) is 4.84. The van der Waals surface area contributed by atoms with Crippen molar-refractivity contribution in [3.63, 3.8) is 0 Å². The average molecular weight is 350 g/mol. The largest absolute Gasteiger partial charge is 0.497 e. The van der Waals surface area contributed by atoms with Crippen molar-refractivity contribution in [2.24, 2.45) is 7.05 Å². The predicted octanol–water partition coefficient (Wildman–Crippen LogP) is 3.78. The van der Waals surface area contributed by atoms with Crippen LogP contribution >= 0.6 is 0 Å². The topological polar surface area (TPSA) is 72.8 Å². The van der Waals surface area contributed by atoms with Crippen LogP contribution in [0.3, 0.4) is 0 Å². The lowest BCUT2D eigenvalue weighted by molar-refractivity contribution is 0.112. The minimum absolute atomic E-state index is 0.469. The van der Waals surface area contributed by atoms with Crippen molar-refractivity contribution < 1.29 is 9.53 Å². The molecule has 2 aromatic heterocycles. The summed E-state index contributed by atoms with van der Waals surface area (Å²) in [7, 11) is 3.51. The average Bonchev–Trinajstić information content (AvgIpc) is 3.07. The van der Waals surface area contributed by atoms with Crippen molar-refractivity contribution in [3.05, 3.63) is 35.2 Å². The van der Waals surface area contributed by atoms with Gasteiger partial charge in [0.15, 0.2) is 6.29 Å². The summed E-state index contributed by atoms with van der Waals surface area (Å²) in [6.07, 6.45) is 2.09. The fourth-order valence-electron chi connectivity index (χ4n) is 3.54. The Morgan fingerprint density at radius 1 is 1.35 bits per heavy atom. The van der Waals surface area contributed by atoms with E-state index in [1.807, 2.05) is 43.8 Å². The fourth-order valence-corrected chi connectivity index (χ4v) is 3.54. The molecule has 0 N–H and O–H groups in total. The van der Waals surface area contributed by atoms with Gasteiger partial charge in [0.05, 0.1) is 24.6 Å². The number of nitrogens with zero attached hydrogens (tertiary/aromatic N) is 4. The number of carbonyl (C=O) groups excluding carboxylic acids is 1. The van der Waals surface area contributed by atoms with Crippen LogP contribution in [0.15, 0.2) is 18.2 Å². The summed E-state index contributed by atoms with van der Waals surface area (Å²) in [6, 6.07) is 7.95. The minimum Gasteiger partial charge on any atom is -0.497 e. The molecular weight excluding hydrogens is 328 g/mol. The van der Waals surface area contributed by atoms with Crippen molar-refractivity contribution in [1.29, 1.82) is 5.26 Å². The van der Waals surface area contributed by atoms with Crippen LogP contribution in [-0.4, -0.2) is 27.7 Å². The Morgan fingerprint density at radius 2 is 2.12 bits per heavy atom. The Morgan fingerprint density at radius 3 is 2.69 bits per heavy atom. The number of unbranched alkanes of at least 4 members (excludes halogenated alkanes) is 1. The molecule has 0 amide bonds. The molecule has 0 unspecified atom stereocenters. The Labute approximate surface area is 152 Å². The number of ether oxygens (including phenoxy) is 1. The molecule has 0 bridgehead atoms. The predicted molar refractivity (Wildman–Crippen MR) is 100 cm³/mol.